The zero-order valence-electron chi connectivity index (χ0n) is 9.56. The first-order valence-corrected chi connectivity index (χ1v) is 5.87. The molecular weight excluding hydrogens is 198 g/mol. The first-order chi connectivity index (χ1) is 7.81. The van der Waals surface area contributed by atoms with Gasteiger partial charge in [-0.05, 0) is 37.5 Å². The maximum absolute atomic E-state index is 9.02. The summed E-state index contributed by atoms with van der Waals surface area (Å²) in [6.07, 6.45) is 6.94. The second kappa shape index (κ2) is 5.09. The molecule has 2 rings (SSSR count). The highest BCUT2D eigenvalue weighted by Gasteiger charge is 2.27. The number of hydrogen-bond acceptors (Lipinski definition) is 3. The third kappa shape index (κ3) is 2.40. The minimum absolute atomic E-state index is 0.185. The van der Waals surface area contributed by atoms with Gasteiger partial charge < -0.3 is 5.32 Å². The van der Waals surface area contributed by atoms with E-state index in [-0.39, 0.29) is 5.92 Å². The largest absolute Gasteiger partial charge is 0.306 e. The summed E-state index contributed by atoms with van der Waals surface area (Å²) in [4.78, 5) is 4.01. The van der Waals surface area contributed by atoms with Crippen molar-refractivity contribution in [1.82, 2.24) is 10.3 Å². The Morgan fingerprint density at radius 3 is 2.88 bits per heavy atom. The predicted molar refractivity (Wildman–Crippen MR) is 62.5 cm³/mol. The standard InChI is InChI=1S/C13H17N3/c1-10(11-5-7-15-8-6-11)16-13-4-2-3-12(13)9-14/h5-8,10,12-13,16H,2-4H2,1H3/t10-,12?,13?/m0/s1. The van der Waals surface area contributed by atoms with Gasteiger partial charge in [0.15, 0.2) is 0 Å². The molecular formula is C13H17N3. The Kier molecular flexibility index (Phi) is 3.53. The van der Waals surface area contributed by atoms with E-state index >= 15 is 0 Å². The van der Waals surface area contributed by atoms with Crippen LogP contribution in [-0.4, -0.2) is 11.0 Å². The van der Waals surface area contributed by atoms with Gasteiger partial charge in [0.1, 0.15) is 0 Å². The molecule has 1 fully saturated rings. The molecule has 0 amide bonds. The van der Waals surface area contributed by atoms with Gasteiger partial charge in [-0.25, -0.2) is 0 Å². The molecule has 0 aromatic carbocycles. The number of hydrogen-bond donors (Lipinski definition) is 1. The van der Waals surface area contributed by atoms with E-state index in [1.165, 1.54) is 12.0 Å². The Labute approximate surface area is 96.5 Å². The van der Waals surface area contributed by atoms with Crippen LogP contribution < -0.4 is 5.32 Å². The van der Waals surface area contributed by atoms with Crippen molar-refractivity contribution >= 4 is 0 Å². The summed E-state index contributed by atoms with van der Waals surface area (Å²) in [6.45, 7) is 2.14. The fraction of sp³-hybridized carbons (Fsp3) is 0.538. The molecule has 84 valence electrons. The van der Waals surface area contributed by atoms with Crippen LogP contribution in [0.1, 0.15) is 37.8 Å². The fourth-order valence-corrected chi connectivity index (χ4v) is 2.38. The van der Waals surface area contributed by atoms with Crippen molar-refractivity contribution < 1.29 is 0 Å². The lowest BCUT2D eigenvalue weighted by molar-refractivity contribution is 0.417. The number of nitrogens with one attached hydrogen (secondary N) is 1. The molecule has 3 atom stereocenters. The van der Waals surface area contributed by atoms with Crippen LogP contribution in [0.4, 0.5) is 0 Å². The van der Waals surface area contributed by atoms with Gasteiger partial charge in [0, 0.05) is 24.5 Å². The third-order valence-electron chi connectivity index (χ3n) is 3.35. The molecule has 0 radical (unpaired) electrons. The smallest absolute Gasteiger partial charge is 0.0672 e. The average Bonchev–Trinajstić information content (AvgIpc) is 2.77. The van der Waals surface area contributed by atoms with E-state index in [4.69, 9.17) is 5.26 Å². The molecule has 1 saturated carbocycles. The Hall–Kier alpha value is -1.40. The van der Waals surface area contributed by atoms with Crippen LogP contribution in [0.15, 0.2) is 24.5 Å². The molecule has 3 nitrogen and oxygen atoms in total. The summed E-state index contributed by atoms with van der Waals surface area (Å²) in [5.74, 6) is 0.185. The van der Waals surface area contributed by atoms with Gasteiger partial charge in [-0.1, -0.05) is 6.42 Å². The Morgan fingerprint density at radius 2 is 2.19 bits per heavy atom. The fourth-order valence-electron chi connectivity index (χ4n) is 2.38. The highest BCUT2D eigenvalue weighted by atomic mass is 15.0. The number of pyridine rings is 1. The molecule has 1 aliphatic rings. The van der Waals surface area contributed by atoms with E-state index in [1.807, 2.05) is 24.5 Å². The van der Waals surface area contributed by atoms with Crippen LogP contribution in [0.3, 0.4) is 0 Å². The van der Waals surface area contributed by atoms with Crippen LogP contribution in [0.2, 0.25) is 0 Å². The van der Waals surface area contributed by atoms with Crippen LogP contribution in [-0.2, 0) is 0 Å². The van der Waals surface area contributed by atoms with Crippen LogP contribution >= 0.6 is 0 Å². The summed E-state index contributed by atoms with van der Waals surface area (Å²) in [7, 11) is 0. The summed E-state index contributed by atoms with van der Waals surface area (Å²) in [6, 6.07) is 7.09. The minimum Gasteiger partial charge on any atom is -0.306 e. The molecule has 0 bridgehead atoms. The first-order valence-electron chi connectivity index (χ1n) is 5.87. The molecule has 1 aliphatic carbocycles. The molecule has 1 aromatic rings. The normalized spacial score (nSPS) is 26.2. The van der Waals surface area contributed by atoms with E-state index in [2.05, 4.69) is 23.3 Å². The summed E-state index contributed by atoms with van der Waals surface area (Å²) >= 11 is 0. The topological polar surface area (TPSA) is 48.7 Å². The lowest BCUT2D eigenvalue weighted by Gasteiger charge is -2.21. The Morgan fingerprint density at radius 1 is 1.44 bits per heavy atom. The SMILES string of the molecule is C[C@H](NC1CCCC1C#N)c1ccncc1. The van der Waals surface area contributed by atoms with Gasteiger partial charge in [0.25, 0.3) is 0 Å². The van der Waals surface area contributed by atoms with Crippen molar-refractivity contribution in [3.05, 3.63) is 30.1 Å². The van der Waals surface area contributed by atoms with Crippen LogP contribution in [0.5, 0.6) is 0 Å². The summed E-state index contributed by atoms with van der Waals surface area (Å²) < 4.78 is 0. The van der Waals surface area contributed by atoms with Gasteiger partial charge in [-0.3, -0.25) is 4.98 Å². The highest BCUT2D eigenvalue weighted by molar-refractivity contribution is 5.14. The number of aromatic nitrogens is 1. The molecule has 1 heterocycles. The van der Waals surface area contributed by atoms with E-state index in [0.717, 1.165) is 12.8 Å². The summed E-state index contributed by atoms with van der Waals surface area (Å²) in [5, 5.41) is 12.6. The van der Waals surface area contributed by atoms with Gasteiger partial charge in [0.05, 0.1) is 12.0 Å². The van der Waals surface area contributed by atoms with Crippen molar-refractivity contribution in [2.75, 3.05) is 0 Å². The maximum Gasteiger partial charge on any atom is 0.0672 e. The van der Waals surface area contributed by atoms with Crippen molar-refractivity contribution in [3.63, 3.8) is 0 Å². The number of nitrogens with zero attached hydrogens (tertiary/aromatic N) is 2. The van der Waals surface area contributed by atoms with Crippen molar-refractivity contribution in [2.45, 2.75) is 38.3 Å². The van der Waals surface area contributed by atoms with Crippen molar-refractivity contribution in [1.29, 1.82) is 5.26 Å². The highest BCUT2D eigenvalue weighted by Crippen LogP contribution is 2.27. The lowest BCUT2D eigenvalue weighted by atomic mass is 10.0. The average molecular weight is 215 g/mol. The van der Waals surface area contributed by atoms with E-state index in [1.54, 1.807) is 0 Å². The quantitative estimate of drug-likeness (QED) is 0.842. The van der Waals surface area contributed by atoms with Gasteiger partial charge in [0.2, 0.25) is 0 Å². The first kappa shape index (κ1) is 11.1. The van der Waals surface area contributed by atoms with Gasteiger partial charge >= 0.3 is 0 Å². The maximum atomic E-state index is 9.02. The minimum atomic E-state index is 0.185. The molecule has 0 spiro atoms. The zero-order chi connectivity index (χ0) is 11.4. The second-order valence-electron chi connectivity index (χ2n) is 4.44. The molecule has 2 unspecified atom stereocenters. The van der Waals surface area contributed by atoms with Gasteiger partial charge in [-0.2, -0.15) is 5.26 Å². The van der Waals surface area contributed by atoms with Crippen molar-refractivity contribution in [3.8, 4) is 6.07 Å². The summed E-state index contributed by atoms with van der Waals surface area (Å²) in [5.41, 5.74) is 1.23. The molecule has 0 aliphatic heterocycles. The van der Waals surface area contributed by atoms with E-state index in [0.29, 0.717) is 12.1 Å². The van der Waals surface area contributed by atoms with E-state index in [9.17, 15) is 0 Å². The number of rotatable bonds is 3. The molecule has 3 heteroatoms. The Balaban J connectivity index is 1.98. The Bertz CT molecular complexity index is 369. The molecule has 16 heavy (non-hydrogen) atoms. The van der Waals surface area contributed by atoms with Gasteiger partial charge in [-0.15, -0.1) is 0 Å². The second-order valence-corrected chi connectivity index (χ2v) is 4.44. The monoisotopic (exact) mass is 215 g/mol. The van der Waals surface area contributed by atoms with E-state index < -0.39 is 0 Å². The molecule has 0 saturated heterocycles. The van der Waals surface area contributed by atoms with Crippen molar-refractivity contribution in [2.24, 2.45) is 5.92 Å². The number of nitriles is 1. The predicted octanol–water partition coefficient (Wildman–Crippen LogP) is 2.42. The molecule has 1 N–H and O–H groups in total. The molecule has 1 aromatic heterocycles. The van der Waals surface area contributed by atoms with Crippen LogP contribution in [0, 0.1) is 17.2 Å². The van der Waals surface area contributed by atoms with Crippen LogP contribution in [0.25, 0.3) is 0 Å². The lowest BCUT2D eigenvalue weighted by Crippen LogP contribution is -2.33. The third-order valence-corrected chi connectivity index (χ3v) is 3.35. The zero-order valence-corrected chi connectivity index (χ0v) is 9.56.